The van der Waals surface area contributed by atoms with E-state index in [0.717, 1.165) is 0 Å². The lowest BCUT2D eigenvalue weighted by Crippen LogP contribution is -2.17. The van der Waals surface area contributed by atoms with Gasteiger partial charge < -0.3 is 9.47 Å². The van der Waals surface area contributed by atoms with Crippen LogP contribution in [0.4, 0.5) is 0 Å². The molecule has 1 aromatic heterocycles. The van der Waals surface area contributed by atoms with Crippen molar-refractivity contribution in [3.05, 3.63) is 29.6 Å². The van der Waals surface area contributed by atoms with Gasteiger partial charge in [-0.15, -0.1) is 0 Å². The zero-order valence-electron chi connectivity index (χ0n) is 8.40. The summed E-state index contributed by atoms with van der Waals surface area (Å²) >= 11 is 0. The molecule has 2 rings (SSSR count). The number of carbonyl (C=O) groups is 1. The second kappa shape index (κ2) is 4.13. The van der Waals surface area contributed by atoms with Gasteiger partial charge in [-0.25, -0.2) is 4.79 Å². The second-order valence-electron chi connectivity index (χ2n) is 3.07. The van der Waals surface area contributed by atoms with Crippen molar-refractivity contribution in [2.45, 2.75) is 6.92 Å². The number of aromatic nitrogens is 1. The standard InChI is InChI=1S/C11H11NO3/c1-2-14-11(13)8-6-9-10(15-7-8)4-3-5-12-9/h3-6H,2,7H2,1H3. The van der Waals surface area contributed by atoms with Crippen LogP contribution in [0.1, 0.15) is 12.6 Å². The van der Waals surface area contributed by atoms with Gasteiger partial charge in [0.15, 0.2) is 0 Å². The van der Waals surface area contributed by atoms with Crippen LogP contribution in [0.25, 0.3) is 6.08 Å². The van der Waals surface area contributed by atoms with Gasteiger partial charge >= 0.3 is 5.97 Å². The molecule has 1 aliphatic rings. The summed E-state index contributed by atoms with van der Waals surface area (Å²) in [6.45, 7) is 2.39. The first kappa shape index (κ1) is 9.71. The minimum Gasteiger partial charge on any atom is -0.486 e. The fraction of sp³-hybridized carbons (Fsp3) is 0.273. The van der Waals surface area contributed by atoms with Crippen LogP contribution in [0, 0.1) is 0 Å². The highest BCUT2D eigenvalue weighted by Crippen LogP contribution is 2.23. The molecule has 1 aromatic rings. The van der Waals surface area contributed by atoms with Crippen molar-refractivity contribution in [2.75, 3.05) is 13.2 Å². The fourth-order valence-corrected chi connectivity index (χ4v) is 1.34. The smallest absolute Gasteiger partial charge is 0.337 e. The molecule has 0 fully saturated rings. The first-order valence-electron chi connectivity index (χ1n) is 4.76. The molecule has 4 nitrogen and oxygen atoms in total. The third-order valence-electron chi connectivity index (χ3n) is 2.03. The number of ether oxygens (including phenoxy) is 2. The third kappa shape index (κ3) is 1.98. The van der Waals surface area contributed by atoms with Crippen LogP contribution < -0.4 is 4.74 Å². The van der Waals surface area contributed by atoms with Crippen LogP contribution in [0.5, 0.6) is 5.75 Å². The molecule has 0 atom stereocenters. The highest BCUT2D eigenvalue weighted by atomic mass is 16.5. The Hall–Kier alpha value is -1.84. The molecule has 0 radical (unpaired) electrons. The number of esters is 1. The van der Waals surface area contributed by atoms with Crippen LogP contribution in [0.3, 0.4) is 0 Å². The van der Waals surface area contributed by atoms with E-state index in [-0.39, 0.29) is 12.6 Å². The van der Waals surface area contributed by atoms with E-state index in [1.165, 1.54) is 0 Å². The number of carbonyl (C=O) groups excluding carboxylic acids is 1. The number of nitrogens with zero attached hydrogens (tertiary/aromatic N) is 1. The topological polar surface area (TPSA) is 48.4 Å². The van der Waals surface area contributed by atoms with Gasteiger partial charge in [0.1, 0.15) is 18.1 Å². The van der Waals surface area contributed by atoms with Crippen molar-refractivity contribution >= 4 is 12.0 Å². The summed E-state index contributed by atoms with van der Waals surface area (Å²) in [7, 11) is 0. The van der Waals surface area contributed by atoms with Crippen LogP contribution in [0.2, 0.25) is 0 Å². The van der Waals surface area contributed by atoms with Crippen molar-refractivity contribution in [3.63, 3.8) is 0 Å². The van der Waals surface area contributed by atoms with E-state index < -0.39 is 0 Å². The first-order valence-corrected chi connectivity index (χ1v) is 4.76. The normalized spacial score (nSPS) is 13.5. The molecule has 0 saturated carbocycles. The lowest BCUT2D eigenvalue weighted by molar-refractivity contribution is -0.138. The zero-order chi connectivity index (χ0) is 10.7. The SMILES string of the molecule is CCOC(=O)C1=Cc2ncccc2OC1. The number of hydrogen-bond donors (Lipinski definition) is 0. The number of rotatable bonds is 2. The van der Waals surface area contributed by atoms with Gasteiger partial charge in [0.25, 0.3) is 0 Å². The van der Waals surface area contributed by atoms with E-state index >= 15 is 0 Å². The van der Waals surface area contributed by atoms with Gasteiger partial charge in [-0.1, -0.05) is 0 Å². The summed E-state index contributed by atoms with van der Waals surface area (Å²) < 4.78 is 10.3. The van der Waals surface area contributed by atoms with Crippen molar-refractivity contribution in [1.82, 2.24) is 4.98 Å². The Labute approximate surface area is 87.5 Å². The average Bonchev–Trinajstić information content (AvgIpc) is 2.29. The first-order chi connectivity index (χ1) is 7.31. The Balaban J connectivity index is 2.25. The maximum Gasteiger partial charge on any atom is 0.337 e. The third-order valence-corrected chi connectivity index (χ3v) is 2.03. The monoisotopic (exact) mass is 205 g/mol. The van der Waals surface area contributed by atoms with Crippen LogP contribution >= 0.6 is 0 Å². The molecule has 4 heteroatoms. The van der Waals surface area contributed by atoms with Gasteiger partial charge in [-0.3, -0.25) is 4.98 Å². The number of fused-ring (bicyclic) bond motifs is 1. The molecule has 0 bridgehead atoms. The average molecular weight is 205 g/mol. The van der Waals surface area contributed by atoms with Crippen LogP contribution in [0.15, 0.2) is 23.9 Å². The lowest BCUT2D eigenvalue weighted by Gasteiger charge is -2.15. The van der Waals surface area contributed by atoms with E-state index in [0.29, 0.717) is 23.6 Å². The molecular formula is C11H11NO3. The summed E-state index contributed by atoms with van der Waals surface area (Å²) in [5.74, 6) is 0.361. The molecule has 0 amide bonds. The molecule has 0 aromatic carbocycles. The Bertz CT molecular complexity index is 412. The molecular weight excluding hydrogens is 194 g/mol. The van der Waals surface area contributed by atoms with Crippen molar-refractivity contribution in [2.24, 2.45) is 0 Å². The minimum absolute atomic E-state index is 0.248. The Morgan fingerprint density at radius 1 is 1.67 bits per heavy atom. The quantitative estimate of drug-likeness (QED) is 0.685. The highest BCUT2D eigenvalue weighted by molar-refractivity contribution is 5.94. The molecule has 0 N–H and O–H groups in total. The largest absolute Gasteiger partial charge is 0.486 e. The summed E-state index contributed by atoms with van der Waals surface area (Å²) in [5.41, 5.74) is 1.18. The number of pyridine rings is 1. The van der Waals surface area contributed by atoms with Gasteiger partial charge in [-0.2, -0.15) is 0 Å². The predicted molar refractivity (Wildman–Crippen MR) is 54.3 cm³/mol. The second-order valence-corrected chi connectivity index (χ2v) is 3.07. The molecule has 0 saturated heterocycles. The highest BCUT2D eigenvalue weighted by Gasteiger charge is 2.18. The Morgan fingerprint density at radius 2 is 2.53 bits per heavy atom. The Kier molecular flexibility index (Phi) is 2.67. The van der Waals surface area contributed by atoms with E-state index in [1.807, 2.05) is 6.07 Å². The lowest BCUT2D eigenvalue weighted by atomic mass is 10.1. The molecule has 0 unspecified atom stereocenters. The van der Waals surface area contributed by atoms with Crippen molar-refractivity contribution < 1.29 is 14.3 Å². The van der Waals surface area contributed by atoms with Crippen molar-refractivity contribution in [3.8, 4) is 5.75 Å². The van der Waals surface area contributed by atoms with Gasteiger partial charge in [0.05, 0.1) is 12.2 Å². The van der Waals surface area contributed by atoms with E-state index in [1.54, 1.807) is 25.3 Å². The van der Waals surface area contributed by atoms with Gasteiger partial charge in [0.2, 0.25) is 0 Å². The molecule has 15 heavy (non-hydrogen) atoms. The zero-order valence-corrected chi connectivity index (χ0v) is 8.40. The molecule has 1 aliphatic heterocycles. The number of hydrogen-bond acceptors (Lipinski definition) is 4. The molecule has 2 heterocycles. The molecule has 0 spiro atoms. The van der Waals surface area contributed by atoms with Gasteiger partial charge in [-0.05, 0) is 25.1 Å². The maximum absolute atomic E-state index is 11.4. The maximum atomic E-state index is 11.4. The molecule has 0 aliphatic carbocycles. The summed E-state index contributed by atoms with van der Waals surface area (Å²) in [4.78, 5) is 15.5. The molecule has 78 valence electrons. The minimum atomic E-state index is -0.339. The van der Waals surface area contributed by atoms with Crippen LogP contribution in [-0.2, 0) is 9.53 Å². The van der Waals surface area contributed by atoms with E-state index in [2.05, 4.69) is 4.98 Å². The summed E-state index contributed by atoms with van der Waals surface area (Å²) in [6, 6.07) is 3.61. The summed E-state index contributed by atoms with van der Waals surface area (Å²) in [5, 5.41) is 0. The van der Waals surface area contributed by atoms with Crippen molar-refractivity contribution in [1.29, 1.82) is 0 Å². The summed E-state index contributed by atoms with van der Waals surface area (Å²) in [6.07, 6.45) is 3.36. The van der Waals surface area contributed by atoms with Gasteiger partial charge in [0, 0.05) is 6.20 Å². The van der Waals surface area contributed by atoms with E-state index in [9.17, 15) is 4.79 Å². The predicted octanol–water partition coefficient (Wildman–Crippen LogP) is 1.42. The Morgan fingerprint density at radius 3 is 3.33 bits per heavy atom. The van der Waals surface area contributed by atoms with E-state index in [4.69, 9.17) is 9.47 Å². The fourth-order valence-electron chi connectivity index (χ4n) is 1.34. The van der Waals surface area contributed by atoms with Crippen LogP contribution in [-0.4, -0.2) is 24.2 Å².